The number of nitrogens with one attached hydrogen (secondary N) is 1. The molecule has 1 aromatic heterocycles. The molecular formula is C14H16N4S. The third kappa shape index (κ3) is 3.06. The van der Waals surface area contributed by atoms with Gasteiger partial charge in [-0.05, 0) is 31.0 Å². The van der Waals surface area contributed by atoms with Gasteiger partial charge in [-0.2, -0.15) is 5.10 Å². The van der Waals surface area contributed by atoms with Gasteiger partial charge in [0.1, 0.15) is 4.99 Å². The van der Waals surface area contributed by atoms with E-state index in [-0.39, 0.29) is 6.04 Å². The number of anilines is 1. The standard InChI is InChI=1S/C14H16N4S/c1-9-5-3-4-6-11(9)10(2)17-14-12(13(15)19)7-8-16-18-14/h3-8,10H,1-2H3,(H2,15,19)(H,17,18). The van der Waals surface area contributed by atoms with Gasteiger partial charge < -0.3 is 11.1 Å². The highest BCUT2D eigenvalue weighted by Crippen LogP contribution is 2.22. The van der Waals surface area contributed by atoms with Gasteiger partial charge >= 0.3 is 0 Å². The fraction of sp³-hybridized carbons (Fsp3) is 0.214. The summed E-state index contributed by atoms with van der Waals surface area (Å²) in [6, 6.07) is 10.1. The summed E-state index contributed by atoms with van der Waals surface area (Å²) in [6.45, 7) is 4.15. The van der Waals surface area contributed by atoms with Gasteiger partial charge in [-0.1, -0.05) is 36.5 Å². The molecule has 3 N–H and O–H groups in total. The maximum Gasteiger partial charge on any atom is 0.159 e. The summed E-state index contributed by atoms with van der Waals surface area (Å²) in [6.07, 6.45) is 1.58. The van der Waals surface area contributed by atoms with Gasteiger partial charge in [0.2, 0.25) is 0 Å². The molecule has 1 aromatic carbocycles. The molecule has 5 heteroatoms. The van der Waals surface area contributed by atoms with Crippen molar-refractivity contribution in [2.24, 2.45) is 5.73 Å². The van der Waals surface area contributed by atoms with E-state index in [2.05, 4.69) is 41.5 Å². The number of aromatic nitrogens is 2. The number of benzene rings is 1. The molecule has 0 saturated carbocycles. The molecule has 1 heterocycles. The van der Waals surface area contributed by atoms with Crippen LogP contribution in [0.1, 0.15) is 29.7 Å². The Labute approximate surface area is 118 Å². The minimum atomic E-state index is 0.103. The summed E-state index contributed by atoms with van der Waals surface area (Å²) in [4.78, 5) is 0.314. The molecule has 0 radical (unpaired) electrons. The van der Waals surface area contributed by atoms with Crippen molar-refractivity contribution in [3.63, 3.8) is 0 Å². The molecule has 0 aliphatic carbocycles. The molecule has 0 spiro atoms. The first-order valence-electron chi connectivity index (χ1n) is 6.03. The molecule has 1 unspecified atom stereocenters. The topological polar surface area (TPSA) is 63.8 Å². The number of nitrogens with zero attached hydrogens (tertiary/aromatic N) is 2. The predicted octanol–water partition coefficient (Wildman–Crippen LogP) is 2.59. The van der Waals surface area contributed by atoms with Crippen LogP contribution >= 0.6 is 12.2 Å². The number of hydrogen-bond acceptors (Lipinski definition) is 4. The van der Waals surface area contributed by atoms with E-state index in [1.165, 1.54) is 11.1 Å². The predicted molar refractivity (Wildman–Crippen MR) is 81.1 cm³/mol. The zero-order valence-electron chi connectivity index (χ0n) is 10.9. The van der Waals surface area contributed by atoms with Crippen molar-refractivity contribution in [1.29, 1.82) is 0 Å². The first kappa shape index (κ1) is 13.4. The van der Waals surface area contributed by atoms with Crippen LogP contribution in [0.15, 0.2) is 36.5 Å². The molecule has 0 fully saturated rings. The smallest absolute Gasteiger partial charge is 0.159 e. The Morgan fingerprint density at radius 3 is 2.74 bits per heavy atom. The quantitative estimate of drug-likeness (QED) is 0.838. The molecule has 2 aromatic rings. The molecule has 0 aliphatic rings. The van der Waals surface area contributed by atoms with Crippen LogP contribution in [-0.2, 0) is 0 Å². The maximum atomic E-state index is 5.68. The number of aryl methyl sites for hydroxylation is 1. The van der Waals surface area contributed by atoms with Crippen molar-refractivity contribution in [3.05, 3.63) is 53.2 Å². The maximum absolute atomic E-state index is 5.68. The van der Waals surface area contributed by atoms with Crippen LogP contribution in [0.5, 0.6) is 0 Å². The monoisotopic (exact) mass is 272 g/mol. The molecule has 0 aliphatic heterocycles. The van der Waals surface area contributed by atoms with Gasteiger partial charge in [0.15, 0.2) is 5.82 Å². The van der Waals surface area contributed by atoms with E-state index in [1.807, 2.05) is 12.1 Å². The van der Waals surface area contributed by atoms with Crippen LogP contribution in [0.2, 0.25) is 0 Å². The third-order valence-corrected chi connectivity index (χ3v) is 3.21. The average Bonchev–Trinajstić information content (AvgIpc) is 2.39. The van der Waals surface area contributed by atoms with Gasteiger partial charge in [-0.25, -0.2) is 0 Å². The second-order valence-electron chi connectivity index (χ2n) is 4.38. The minimum absolute atomic E-state index is 0.103. The molecule has 1 atom stereocenters. The summed E-state index contributed by atoms with van der Waals surface area (Å²) in [5, 5.41) is 11.2. The Kier molecular flexibility index (Phi) is 4.06. The van der Waals surface area contributed by atoms with Crippen LogP contribution in [0.3, 0.4) is 0 Å². The third-order valence-electron chi connectivity index (χ3n) is 2.99. The van der Waals surface area contributed by atoms with E-state index >= 15 is 0 Å². The number of nitrogens with two attached hydrogens (primary N) is 1. The van der Waals surface area contributed by atoms with Crippen LogP contribution < -0.4 is 11.1 Å². The summed E-state index contributed by atoms with van der Waals surface area (Å²) in [5.41, 5.74) is 8.83. The van der Waals surface area contributed by atoms with Crippen molar-refractivity contribution in [2.75, 3.05) is 5.32 Å². The minimum Gasteiger partial charge on any atom is -0.389 e. The average molecular weight is 272 g/mol. The lowest BCUT2D eigenvalue weighted by Crippen LogP contribution is -2.17. The molecule has 98 valence electrons. The van der Waals surface area contributed by atoms with Crippen molar-refractivity contribution in [1.82, 2.24) is 10.2 Å². The number of rotatable bonds is 4. The van der Waals surface area contributed by atoms with Gasteiger partial charge in [0.05, 0.1) is 17.8 Å². The first-order valence-corrected chi connectivity index (χ1v) is 6.44. The lowest BCUT2D eigenvalue weighted by atomic mass is 10.0. The van der Waals surface area contributed by atoms with E-state index in [0.29, 0.717) is 16.4 Å². The summed E-state index contributed by atoms with van der Waals surface area (Å²) in [7, 11) is 0. The molecule has 0 bridgehead atoms. The zero-order chi connectivity index (χ0) is 13.8. The summed E-state index contributed by atoms with van der Waals surface area (Å²) in [5.74, 6) is 0.616. The lowest BCUT2D eigenvalue weighted by Gasteiger charge is -2.18. The van der Waals surface area contributed by atoms with Crippen LogP contribution in [0, 0.1) is 6.92 Å². The zero-order valence-corrected chi connectivity index (χ0v) is 11.7. The molecule has 4 nitrogen and oxygen atoms in total. The summed E-state index contributed by atoms with van der Waals surface area (Å²) < 4.78 is 0. The second-order valence-corrected chi connectivity index (χ2v) is 4.82. The van der Waals surface area contributed by atoms with Gasteiger partial charge in [0.25, 0.3) is 0 Å². The number of hydrogen-bond donors (Lipinski definition) is 2. The van der Waals surface area contributed by atoms with Crippen LogP contribution in [0.4, 0.5) is 5.82 Å². The molecule has 0 saturated heterocycles. The van der Waals surface area contributed by atoms with E-state index in [1.54, 1.807) is 12.3 Å². The van der Waals surface area contributed by atoms with Crippen LogP contribution in [-0.4, -0.2) is 15.2 Å². The van der Waals surface area contributed by atoms with E-state index in [4.69, 9.17) is 18.0 Å². The fourth-order valence-corrected chi connectivity index (χ4v) is 2.16. The van der Waals surface area contributed by atoms with E-state index in [9.17, 15) is 0 Å². The molecule has 19 heavy (non-hydrogen) atoms. The van der Waals surface area contributed by atoms with Gasteiger partial charge in [-0.3, -0.25) is 0 Å². The van der Waals surface area contributed by atoms with Crippen molar-refractivity contribution in [3.8, 4) is 0 Å². The highest BCUT2D eigenvalue weighted by atomic mass is 32.1. The number of thiocarbonyl (C=S) groups is 1. The van der Waals surface area contributed by atoms with Crippen molar-refractivity contribution < 1.29 is 0 Å². The lowest BCUT2D eigenvalue weighted by molar-refractivity contribution is 0.851. The van der Waals surface area contributed by atoms with E-state index in [0.717, 1.165) is 0 Å². The summed E-state index contributed by atoms with van der Waals surface area (Å²) >= 11 is 5.01. The first-order chi connectivity index (χ1) is 9.09. The SMILES string of the molecule is Cc1ccccc1C(C)Nc1nnccc1C(N)=S. The fourth-order valence-electron chi connectivity index (χ4n) is 1.99. The second kappa shape index (κ2) is 5.75. The van der Waals surface area contributed by atoms with Crippen molar-refractivity contribution >= 4 is 23.0 Å². The Morgan fingerprint density at radius 1 is 1.32 bits per heavy atom. The molecule has 2 rings (SSSR count). The van der Waals surface area contributed by atoms with E-state index < -0.39 is 0 Å². The Balaban J connectivity index is 2.27. The molecule has 0 amide bonds. The Morgan fingerprint density at radius 2 is 2.05 bits per heavy atom. The van der Waals surface area contributed by atoms with Crippen LogP contribution in [0.25, 0.3) is 0 Å². The Hall–Kier alpha value is -2.01. The van der Waals surface area contributed by atoms with Crippen molar-refractivity contribution in [2.45, 2.75) is 19.9 Å². The van der Waals surface area contributed by atoms with Gasteiger partial charge in [-0.15, -0.1) is 5.10 Å². The normalized spacial score (nSPS) is 11.9. The highest BCUT2D eigenvalue weighted by Gasteiger charge is 2.12. The largest absolute Gasteiger partial charge is 0.389 e. The Bertz CT molecular complexity index is 598. The molecular weight excluding hydrogens is 256 g/mol. The highest BCUT2D eigenvalue weighted by molar-refractivity contribution is 7.80. The van der Waals surface area contributed by atoms with Gasteiger partial charge in [0, 0.05) is 0 Å².